The van der Waals surface area contributed by atoms with Gasteiger partial charge in [0.1, 0.15) is 0 Å². The van der Waals surface area contributed by atoms with Gasteiger partial charge < -0.3 is 21.5 Å². The summed E-state index contributed by atoms with van der Waals surface area (Å²) < 4.78 is 0. The Labute approximate surface area is 149 Å². The molecule has 1 aliphatic heterocycles. The monoisotopic (exact) mass is 351 g/mol. The van der Waals surface area contributed by atoms with E-state index in [1.807, 2.05) is 0 Å². The first-order valence-electron chi connectivity index (χ1n) is 7.84. The number of hydrogen-bond donors (Lipinski definition) is 3. The number of likely N-dealkylation sites (tertiary alicyclic amines) is 1. The van der Waals surface area contributed by atoms with E-state index in [1.165, 1.54) is 11.1 Å². The summed E-state index contributed by atoms with van der Waals surface area (Å²) in [5.41, 5.74) is 10.7. The number of aromatic nitrogens is 2. The second-order valence-corrected chi connectivity index (χ2v) is 6.02. The van der Waals surface area contributed by atoms with Crippen LogP contribution in [0.2, 0.25) is 0 Å². The highest BCUT2D eigenvalue weighted by atomic mass is 16.3. The maximum absolute atomic E-state index is 12.0. The Kier molecular flexibility index (Phi) is 4.32. The number of carbonyl (C=O) groups excluding carboxylic acids is 2. The van der Waals surface area contributed by atoms with Gasteiger partial charge in [0.15, 0.2) is 11.5 Å². The lowest BCUT2D eigenvalue weighted by atomic mass is 10.0. The van der Waals surface area contributed by atoms with Crippen molar-refractivity contribution in [1.82, 2.24) is 14.9 Å². The van der Waals surface area contributed by atoms with E-state index >= 15 is 0 Å². The first-order chi connectivity index (χ1) is 12.3. The molecule has 0 radical (unpaired) electrons. The van der Waals surface area contributed by atoms with Crippen LogP contribution in [0.5, 0.6) is 0 Å². The third-order valence-electron chi connectivity index (χ3n) is 4.12. The quantitative estimate of drug-likeness (QED) is 0.640. The van der Waals surface area contributed by atoms with E-state index in [9.17, 15) is 14.7 Å². The number of aliphatic hydroxyl groups is 1. The fourth-order valence-corrected chi connectivity index (χ4v) is 2.62. The third-order valence-corrected chi connectivity index (χ3v) is 4.12. The van der Waals surface area contributed by atoms with Crippen LogP contribution in [-0.4, -0.2) is 51.0 Å². The standard InChI is InChI=1S/C18H17N5O3/c1-23-8-7-18(26,17(23)25)6-5-11-3-2-4-12(9-11)13-10-21-15(19)14(22-13)16(20)24/h2-4,9-10,26H,7-8H2,1H3,(H2,19,21)(H2,20,24)/t18-/m0/s1. The van der Waals surface area contributed by atoms with Gasteiger partial charge in [0.2, 0.25) is 5.60 Å². The average Bonchev–Trinajstić information content (AvgIpc) is 2.88. The van der Waals surface area contributed by atoms with E-state index in [-0.39, 0.29) is 17.9 Å². The summed E-state index contributed by atoms with van der Waals surface area (Å²) in [6.07, 6.45) is 1.69. The number of carbonyl (C=O) groups is 2. The molecule has 0 saturated carbocycles. The van der Waals surface area contributed by atoms with Crippen molar-refractivity contribution in [3.8, 4) is 23.1 Å². The molecule has 8 nitrogen and oxygen atoms in total. The van der Waals surface area contributed by atoms with Gasteiger partial charge in [-0.1, -0.05) is 24.0 Å². The Morgan fingerprint density at radius 1 is 1.42 bits per heavy atom. The molecule has 2 heterocycles. The normalized spacial score (nSPS) is 19.2. The minimum absolute atomic E-state index is 0.0386. The zero-order valence-corrected chi connectivity index (χ0v) is 14.1. The maximum Gasteiger partial charge on any atom is 0.271 e. The van der Waals surface area contributed by atoms with Crippen molar-refractivity contribution in [2.75, 3.05) is 19.3 Å². The van der Waals surface area contributed by atoms with E-state index < -0.39 is 17.4 Å². The second kappa shape index (κ2) is 6.46. The van der Waals surface area contributed by atoms with Crippen LogP contribution >= 0.6 is 0 Å². The largest absolute Gasteiger partial charge is 0.382 e. The van der Waals surface area contributed by atoms with Crippen LogP contribution in [0.15, 0.2) is 30.5 Å². The fourth-order valence-electron chi connectivity index (χ4n) is 2.62. The number of benzene rings is 1. The molecule has 1 aliphatic rings. The minimum Gasteiger partial charge on any atom is -0.382 e. The van der Waals surface area contributed by atoms with Gasteiger partial charge in [0, 0.05) is 31.1 Å². The van der Waals surface area contributed by atoms with Crippen LogP contribution in [0.4, 0.5) is 5.82 Å². The Bertz CT molecular complexity index is 963. The number of nitrogens with zero attached hydrogens (tertiary/aromatic N) is 3. The molecule has 1 aromatic heterocycles. The Morgan fingerprint density at radius 3 is 2.85 bits per heavy atom. The van der Waals surface area contributed by atoms with Crippen molar-refractivity contribution in [1.29, 1.82) is 0 Å². The number of nitrogens with two attached hydrogens (primary N) is 2. The van der Waals surface area contributed by atoms with E-state index in [4.69, 9.17) is 11.5 Å². The summed E-state index contributed by atoms with van der Waals surface area (Å²) in [7, 11) is 1.62. The van der Waals surface area contributed by atoms with Crippen molar-refractivity contribution in [2.45, 2.75) is 12.0 Å². The predicted molar refractivity (Wildman–Crippen MR) is 94.5 cm³/mol. The van der Waals surface area contributed by atoms with Crippen LogP contribution < -0.4 is 11.5 Å². The third kappa shape index (κ3) is 3.20. The lowest BCUT2D eigenvalue weighted by Gasteiger charge is -2.13. The lowest BCUT2D eigenvalue weighted by Crippen LogP contribution is -2.37. The van der Waals surface area contributed by atoms with Crippen molar-refractivity contribution in [3.05, 3.63) is 41.7 Å². The minimum atomic E-state index is -1.66. The molecule has 8 heteroatoms. The number of amides is 2. The zero-order valence-electron chi connectivity index (χ0n) is 14.1. The van der Waals surface area contributed by atoms with Crippen molar-refractivity contribution in [3.63, 3.8) is 0 Å². The van der Waals surface area contributed by atoms with Crippen molar-refractivity contribution < 1.29 is 14.7 Å². The molecule has 1 fully saturated rings. The number of primary amides is 1. The number of likely N-dealkylation sites (N-methyl/N-ethyl adjacent to an activating group) is 1. The first-order valence-corrected chi connectivity index (χ1v) is 7.84. The Morgan fingerprint density at radius 2 is 2.19 bits per heavy atom. The average molecular weight is 351 g/mol. The van der Waals surface area contributed by atoms with Gasteiger partial charge in [-0.15, -0.1) is 0 Å². The molecular weight excluding hydrogens is 334 g/mol. The number of anilines is 1. The molecule has 1 saturated heterocycles. The molecule has 5 N–H and O–H groups in total. The zero-order chi connectivity index (χ0) is 18.9. The van der Waals surface area contributed by atoms with Gasteiger partial charge in [0.05, 0.1) is 11.9 Å². The summed E-state index contributed by atoms with van der Waals surface area (Å²) >= 11 is 0. The summed E-state index contributed by atoms with van der Waals surface area (Å²) in [5.74, 6) is 4.27. The number of nitrogen functional groups attached to an aromatic ring is 1. The van der Waals surface area contributed by atoms with E-state index in [2.05, 4.69) is 21.8 Å². The molecule has 2 amide bonds. The maximum atomic E-state index is 12.0. The summed E-state index contributed by atoms with van der Waals surface area (Å²) in [4.78, 5) is 32.9. The fraction of sp³-hybridized carbons (Fsp3) is 0.222. The van der Waals surface area contributed by atoms with Gasteiger partial charge in [-0.05, 0) is 12.1 Å². The van der Waals surface area contributed by atoms with E-state index in [0.717, 1.165) is 0 Å². The van der Waals surface area contributed by atoms with Crippen LogP contribution in [0.3, 0.4) is 0 Å². The van der Waals surface area contributed by atoms with Crippen LogP contribution in [-0.2, 0) is 4.79 Å². The molecule has 2 aromatic rings. The number of hydrogen-bond acceptors (Lipinski definition) is 6. The molecule has 0 aliphatic carbocycles. The van der Waals surface area contributed by atoms with Gasteiger partial charge in [-0.25, -0.2) is 9.97 Å². The highest BCUT2D eigenvalue weighted by Gasteiger charge is 2.42. The van der Waals surface area contributed by atoms with Gasteiger partial charge >= 0.3 is 0 Å². The summed E-state index contributed by atoms with van der Waals surface area (Å²) in [6, 6.07) is 6.96. The van der Waals surface area contributed by atoms with Gasteiger partial charge in [-0.3, -0.25) is 9.59 Å². The second-order valence-electron chi connectivity index (χ2n) is 6.02. The van der Waals surface area contributed by atoms with Crippen molar-refractivity contribution in [2.24, 2.45) is 5.73 Å². The summed E-state index contributed by atoms with van der Waals surface area (Å²) in [5, 5.41) is 10.4. The van der Waals surface area contributed by atoms with Crippen LogP contribution in [0, 0.1) is 11.8 Å². The summed E-state index contributed by atoms with van der Waals surface area (Å²) in [6.45, 7) is 0.459. The molecule has 3 rings (SSSR count). The van der Waals surface area contributed by atoms with E-state index in [0.29, 0.717) is 23.4 Å². The molecule has 26 heavy (non-hydrogen) atoms. The molecule has 1 aromatic carbocycles. The van der Waals surface area contributed by atoms with Crippen LogP contribution in [0.25, 0.3) is 11.3 Å². The smallest absolute Gasteiger partial charge is 0.271 e. The lowest BCUT2D eigenvalue weighted by molar-refractivity contribution is -0.137. The highest BCUT2D eigenvalue weighted by molar-refractivity contribution is 5.95. The topological polar surface area (TPSA) is 135 Å². The van der Waals surface area contributed by atoms with Crippen LogP contribution in [0.1, 0.15) is 22.5 Å². The SMILES string of the molecule is CN1CC[C@@](O)(C#Cc2cccc(-c3cnc(N)c(C(N)=O)n3)c2)C1=O. The Hall–Kier alpha value is -3.44. The van der Waals surface area contributed by atoms with Gasteiger partial charge in [-0.2, -0.15) is 0 Å². The molecule has 0 spiro atoms. The van der Waals surface area contributed by atoms with Crippen molar-refractivity contribution >= 4 is 17.6 Å². The molecule has 0 bridgehead atoms. The van der Waals surface area contributed by atoms with E-state index in [1.54, 1.807) is 31.3 Å². The number of rotatable bonds is 2. The molecule has 132 valence electrons. The highest BCUT2D eigenvalue weighted by Crippen LogP contribution is 2.22. The molecule has 1 atom stereocenters. The molecular formula is C18H17N5O3. The predicted octanol–water partition coefficient (Wildman–Crippen LogP) is -0.231. The Balaban J connectivity index is 1.93. The van der Waals surface area contributed by atoms with Gasteiger partial charge in [0.25, 0.3) is 11.8 Å². The molecule has 0 unspecified atom stereocenters. The first kappa shape index (κ1) is 17.4.